The Labute approximate surface area is 200 Å². The highest BCUT2D eigenvalue weighted by atomic mass is 35.5. The first kappa shape index (κ1) is 21.9. The first-order valence-electron chi connectivity index (χ1n) is 10.8. The summed E-state index contributed by atoms with van der Waals surface area (Å²) < 4.78 is 18.0. The van der Waals surface area contributed by atoms with Gasteiger partial charge in [0.05, 0.1) is 16.0 Å². The summed E-state index contributed by atoms with van der Waals surface area (Å²) in [4.78, 5) is 25.2. The lowest BCUT2D eigenvalue weighted by Gasteiger charge is -2.35. The number of amides is 1. The topological polar surface area (TPSA) is 77.0 Å². The number of hydrogen-bond donors (Lipinski definition) is 0. The molecule has 5 rings (SSSR count). The van der Waals surface area contributed by atoms with Crippen LogP contribution in [0.1, 0.15) is 6.42 Å². The molecule has 10 heteroatoms. The summed E-state index contributed by atoms with van der Waals surface area (Å²) in [5.41, 5.74) is 0.619. The number of rotatable bonds is 7. The number of hydrogen-bond acceptors (Lipinski definition) is 8. The number of benzene rings is 1. The lowest BCUT2D eigenvalue weighted by Crippen LogP contribution is -2.52. The minimum Gasteiger partial charge on any atom is -0.492 e. The average Bonchev–Trinajstić information content (AvgIpc) is 3.50. The zero-order valence-corrected chi connectivity index (χ0v) is 19.4. The van der Waals surface area contributed by atoms with Crippen LogP contribution in [0, 0.1) is 0 Å². The zero-order chi connectivity index (χ0) is 22.6. The fourth-order valence-corrected chi connectivity index (χ4v) is 4.81. The van der Waals surface area contributed by atoms with Gasteiger partial charge in [-0.05, 0) is 36.4 Å². The highest BCUT2D eigenvalue weighted by Crippen LogP contribution is 2.32. The van der Waals surface area contributed by atoms with E-state index in [9.17, 15) is 4.79 Å². The van der Waals surface area contributed by atoms with Crippen LogP contribution in [0.15, 0.2) is 48.9 Å². The molecule has 33 heavy (non-hydrogen) atoms. The predicted molar refractivity (Wildman–Crippen MR) is 126 cm³/mol. The summed E-state index contributed by atoms with van der Waals surface area (Å²) in [5, 5.41) is 1.09. The SMILES string of the molecule is O=C(C1CC=CO1)N1CCN(CCOc2ccc(Oc3nc4ncc(Cl)cc4s3)cc2)CC1. The molecule has 2 aliphatic rings. The molecule has 3 aromatic rings. The first-order chi connectivity index (χ1) is 16.1. The summed E-state index contributed by atoms with van der Waals surface area (Å²) in [7, 11) is 0. The summed E-state index contributed by atoms with van der Waals surface area (Å²) in [6.07, 6.45) is 5.41. The Balaban J connectivity index is 1.05. The largest absolute Gasteiger partial charge is 0.492 e. The molecule has 0 aliphatic carbocycles. The van der Waals surface area contributed by atoms with E-state index in [4.69, 9.17) is 25.8 Å². The zero-order valence-electron chi connectivity index (χ0n) is 17.9. The van der Waals surface area contributed by atoms with Gasteiger partial charge in [-0.15, -0.1) is 0 Å². The number of ether oxygens (including phenoxy) is 3. The van der Waals surface area contributed by atoms with E-state index in [0.29, 0.717) is 34.6 Å². The van der Waals surface area contributed by atoms with Crippen LogP contribution in [0.5, 0.6) is 16.7 Å². The van der Waals surface area contributed by atoms with Crippen molar-refractivity contribution in [2.24, 2.45) is 0 Å². The van der Waals surface area contributed by atoms with Gasteiger partial charge in [-0.2, -0.15) is 4.98 Å². The quantitative estimate of drug-likeness (QED) is 0.500. The number of thiazole rings is 1. The highest BCUT2D eigenvalue weighted by Gasteiger charge is 2.29. The van der Waals surface area contributed by atoms with Gasteiger partial charge in [-0.1, -0.05) is 22.9 Å². The second-order valence-corrected chi connectivity index (χ2v) is 9.21. The molecule has 2 aliphatic heterocycles. The van der Waals surface area contributed by atoms with Gasteiger partial charge in [0, 0.05) is 45.3 Å². The number of aromatic nitrogens is 2. The molecule has 0 bridgehead atoms. The van der Waals surface area contributed by atoms with Crippen LogP contribution in [0.3, 0.4) is 0 Å². The van der Waals surface area contributed by atoms with Gasteiger partial charge in [-0.3, -0.25) is 9.69 Å². The van der Waals surface area contributed by atoms with Gasteiger partial charge in [0.25, 0.3) is 11.1 Å². The minimum absolute atomic E-state index is 0.0871. The molecule has 1 fully saturated rings. The van der Waals surface area contributed by atoms with Crippen molar-refractivity contribution in [2.45, 2.75) is 12.5 Å². The van der Waals surface area contributed by atoms with Crippen LogP contribution in [0.2, 0.25) is 5.02 Å². The van der Waals surface area contributed by atoms with Crippen molar-refractivity contribution in [3.05, 3.63) is 53.9 Å². The molecule has 4 heterocycles. The van der Waals surface area contributed by atoms with Crippen LogP contribution in [0.25, 0.3) is 10.3 Å². The normalized spacial score (nSPS) is 18.5. The monoisotopic (exact) mass is 486 g/mol. The van der Waals surface area contributed by atoms with Crippen molar-refractivity contribution in [1.29, 1.82) is 0 Å². The third-order valence-electron chi connectivity index (χ3n) is 5.55. The summed E-state index contributed by atoms with van der Waals surface area (Å²) in [6.45, 7) is 4.50. The van der Waals surface area contributed by atoms with Crippen LogP contribution in [0.4, 0.5) is 0 Å². The Bertz CT molecular complexity index is 1140. The van der Waals surface area contributed by atoms with E-state index in [1.165, 1.54) is 11.3 Å². The van der Waals surface area contributed by atoms with Gasteiger partial charge < -0.3 is 19.1 Å². The molecule has 0 radical (unpaired) electrons. The Morgan fingerprint density at radius 1 is 1.18 bits per heavy atom. The van der Waals surface area contributed by atoms with E-state index in [0.717, 1.165) is 43.2 Å². The van der Waals surface area contributed by atoms with Crippen LogP contribution in [-0.2, 0) is 9.53 Å². The molecule has 1 unspecified atom stereocenters. The van der Waals surface area contributed by atoms with Gasteiger partial charge in [-0.25, -0.2) is 4.98 Å². The Hall–Kier alpha value is -2.88. The maximum Gasteiger partial charge on any atom is 0.281 e. The van der Waals surface area contributed by atoms with Gasteiger partial charge in [0.2, 0.25) is 0 Å². The van der Waals surface area contributed by atoms with Crippen molar-refractivity contribution >= 4 is 39.2 Å². The van der Waals surface area contributed by atoms with Crippen LogP contribution in [-0.4, -0.2) is 71.1 Å². The second-order valence-electron chi connectivity index (χ2n) is 7.78. The van der Waals surface area contributed by atoms with Crippen molar-refractivity contribution in [1.82, 2.24) is 19.8 Å². The van der Waals surface area contributed by atoms with Gasteiger partial charge >= 0.3 is 0 Å². The molecule has 1 aromatic carbocycles. The predicted octanol–water partition coefficient (Wildman–Crippen LogP) is 3.96. The summed E-state index contributed by atoms with van der Waals surface area (Å²) in [5.74, 6) is 1.54. The molecule has 0 N–H and O–H groups in total. The maximum absolute atomic E-state index is 12.4. The standard InChI is InChI=1S/C23H23ClN4O4S/c24-16-14-20-21(25-15-16)26-23(33-20)32-18-5-3-17(4-6-18)30-13-11-27-7-9-28(10-8-27)22(29)19-2-1-12-31-19/h1,3-6,12,14-15,19H,2,7-11,13H2. The summed E-state index contributed by atoms with van der Waals surface area (Å²) >= 11 is 7.37. The number of carbonyl (C=O) groups is 1. The van der Waals surface area contributed by atoms with E-state index in [2.05, 4.69) is 14.9 Å². The first-order valence-corrected chi connectivity index (χ1v) is 12.0. The lowest BCUT2D eigenvalue weighted by atomic mass is 10.2. The number of halogens is 1. The van der Waals surface area contributed by atoms with Crippen molar-refractivity contribution in [3.63, 3.8) is 0 Å². The number of carbonyl (C=O) groups excluding carboxylic acids is 1. The molecule has 1 amide bonds. The van der Waals surface area contributed by atoms with E-state index >= 15 is 0 Å². The fraction of sp³-hybridized carbons (Fsp3) is 0.348. The Morgan fingerprint density at radius 3 is 2.73 bits per heavy atom. The Kier molecular flexibility index (Phi) is 6.61. The second kappa shape index (κ2) is 9.94. The molecular weight excluding hydrogens is 464 g/mol. The molecule has 8 nitrogen and oxygen atoms in total. The summed E-state index contributed by atoms with van der Waals surface area (Å²) in [6, 6.07) is 9.29. The van der Waals surface area contributed by atoms with Crippen LogP contribution >= 0.6 is 22.9 Å². The smallest absolute Gasteiger partial charge is 0.281 e. The molecule has 1 atom stereocenters. The molecule has 0 spiro atoms. The van der Waals surface area contributed by atoms with Gasteiger partial charge in [0.15, 0.2) is 11.8 Å². The molecular formula is C23H23ClN4O4S. The lowest BCUT2D eigenvalue weighted by molar-refractivity contribution is -0.141. The van der Waals surface area contributed by atoms with Crippen molar-refractivity contribution < 1.29 is 19.0 Å². The van der Waals surface area contributed by atoms with E-state index in [-0.39, 0.29) is 12.0 Å². The fourth-order valence-electron chi connectivity index (χ4n) is 3.76. The Morgan fingerprint density at radius 2 is 1.97 bits per heavy atom. The number of nitrogens with zero attached hydrogens (tertiary/aromatic N) is 4. The van der Waals surface area contributed by atoms with E-state index in [1.54, 1.807) is 12.5 Å². The molecule has 172 valence electrons. The molecule has 0 saturated carbocycles. The van der Waals surface area contributed by atoms with Crippen molar-refractivity contribution in [2.75, 3.05) is 39.3 Å². The highest BCUT2D eigenvalue weighted by molar-refractivity contribution is 7.20. The minimum atomic E-state index is -0.336. The van der Waals surface area contributed by atoms with E-state index < -0.39 is 0 Å². The molecule has 1 saturated heterocycles. The molecule has 2 aromatic heterocycles. The van der Waals surface area contributed by atoms with Crippen molar-refractivity contribution in [3.8, 4) is 16.7 Å². The number of piperazine rings is 1. The van der Waals surface area contributed by atoms with Crippen LogP contribution < -0.4 is 9.47 Å². The third-order valence-corrected chi connectivity index (χ3v) is 6.62. The third kappa shape index (κ3) is 5.38. The van der Waals surface area contributed by atoms with Gasteiger partial charge in [0.1, 0.15) is 18.1 Å². The van der Waals surface area contributed by atoms with E-state index in [1.807, 2.05) is 41.3 Å². The average molecular weight is 487 g/mol. The number of pyridine rings is 1. The number of fused-ring (bicyclic) bond motifs is 1. The maximum atomic E-state index is 12.4.